The summed E-state index contributed by atoms with van der Waals surface area (Å²) in [4.78, 5) is 15.8. The minimum atomic E-state index is 0.319. The van der Waals surface area contributed by atoms with Crippen molar-refractivity contribution in [2.75, 3.05) is 39.3 Å². The lowest BCUT2D eigenvalue weighted by atomic mass is 10.2. The van der Waals surface area contributed by atoms with Crippen molar-refractivity contribution >= 4 is 5.78 Å². The maximum atomic E-state index is 10.8. The third-order valence-electron chi connectivity index (χ3n) is 3.01. The molecule has 0 aliphatic carbocycles. The van der Waals surface area contributed by atoms with E-state index >= 15 is 0 Å². The number of hydrogen-bond acceptors (Lipinski definition) is 3. The van der Waals surface area contributed by atoms with Crippen molar-refractivity contribution in [2.24, 2.45) is 0 Å². The van der Waals surface area contributed by atoms with E-state index in [1.165, 1.54) is 39.1 Å². The molecule has 0 spiro atoms. The van der Waals surface area contributed by atoms with Crippen LogP contribution in [0.2, 0.25) is 0 Å². The Balaban J connectivity index is 2.06. The Hall–Kier alpha value is -0.410. The Kier molecular flexibility index (Phi) is 5.88. The van der Waals surface area contributed by atoms with Crippen LogP contribution in [-0.2, 0) is 4.79 Å². The van der Waals surface area contributed by atoms with E-state index in [0.29, 0.717) is 5.78 Å². The molecule has 88 valence electrons. The fraction of sp³-hybridized carbons (Fsp3) is 0.917. The molecule has 0 amide bonds. The Labute approximate surface area is 93.4 Å². The van der Waals surface area contributed by atoms with Crippen LogP contribution in [0.25, 0.3) is 0 Å². The summed E-state index contributed by atoms with van der Waals surface area (Å²) in [5.41, 5.74) is 0. The van der Waals surface area contributed by atoms with Crippen molar-refractivity contribution < 1.29 is 4.79 Å². The Morgan fingerprint density at radius 1 is 1.07 bits per heavy atom. The van der Waals surface area contributed by atoms with Gasteiger partial charge in [0.05, 0.1) is 0 Å². The van der Waals surface area contributed by atoms with E-state index < -0.39 is 0 Å². The largest absolute Gasteiger partial charge is 0.301 e. The number of ketones is 1. The molecule has 0 aromatic rings. The van der Waals surface area contributed by atoms with Crippen LogP contribution in [0.4, 0.5) is 0 Å². The molecule has 15 heavy (non-hydrogen) atoms. The van der Waals surface area contributed by atoms with Gasteiger partial charge in [0.1, 0.15) is 5.78 Å². The van der Waals surface area contributed by atoms with Crippen LogP contribution in [0.3, 0.4) is 0 Å². The number of carbonyl (C=O) groups excluding carboxylic acids is 1. The number of hydrogen-bond donors (Lipinski definition) is 0. The number of carbonyl (C=O) groups is 1. The Morgan fingerprint density at radius 2 is 1.60 bits per heavy atom. The lowest BCUT2D eigenvalue weighted by molar-refractivity contribution is -0.117. The molecule has 0 bridgehead atoms. The van der Waals surface area contributed by atoms with E-state index in [4.69, 9.17) is 0 Å². The third-order valence-corrected chi connectivity index (χ3v) is 3.01. The van der Waals surface area contributed by atoms with E-state index in [-0.39, 0.29) is 0 Å². The van der Waals surface area contributed by atoms with E-state index in [1.54, 1.807) is 6.92 Å². The monoisotopic (exact) mass is 212 g/mol. The Morgan fingerprint density at radius 3 is 2.07 bits per heavy atom. The standard InChI is InChI=1S/C12H24N2O/c1-3-6-13-8-10-14(11-9-13)7-4-5-12(2)15/h3-11H2,1-2H3. The zero-order valence-electron chi connectivity index (χ0n) is 10.2. The maximum absolute atomic E-state index is 10.8. The summed E-state index contributed by atoms with van der Waals surface area (Å²) < 4.78 is 0. The van der Waals surface area contributed by atoms with Gasteiger partial charge in [0.25, 0.3) is 0 Å². The van der Waals surface area contributed by atoms with Crippen molar-refractivity contribution in [1.82, 2.24) is 9.80 Å². The lowest BCUT2D eigenvalue weighted by Gasteiger charge is -2.34. The second-order valence-corrected chi connectivity index (χ2v) is 4.49. The van der Waals surface area contributed by atoms with E-state index in [2.05, 4.69) is 16.7 Å². The van der Waals surface area contributed by atoms with Crippen molar-refractivity contribution in [3.8, 4) is 0 Å². The van der Waals surface area contributed by atoms with E-state index in [0.717, 1.165) is 19.4 Å². The molecular formula is C12H24N2O. The molecule has 1 rings (SSSR count). The van der Waals surface area contributed by atoms with Crippen LogP contribution in [0.5, 0.6) is 0 Å². The summed E-state index contributed by atoms with van der Waals surface area (Å²) in [6.45, 7) is 11.0. The third kappa shape index (κ3) is 5.28. The van der Waals surface area contributed by atoms with Crippen LogP contribution in [0.1, 0.15) is 33.1 Å². The van der Waals surface area contributed by atoms with E-state index in [9.17, 15) is 4.79 Å². The zero-order chi connectivity index (χ0) is 11.1. The molecule has 1 aliphatic heterocycles. The highest BCUT2D eigenvalue weighted by Gasteiger charge is 2.15. The molecular weight excluding hydrogens is 188 g/mol. The number of Topliss-reactive ketones (excluding diaryl/α,β-unsaturated/α-hetero) is 1. The molecule has 3 heteroatoms. The fourth-order valence-corrected chi connectivity index (χ4v) is 2.10. The van der Waals surface area contributed by atoms with Gasteiger partial charge in [0.15, 0.2) is 0 Å². The van der Waals surface area contributed by atoms with Gasteiger partial charge in [-0.2, -0.15) is 0 Å². The molecule has 1 heterocycles. The van der Waals surface area contributed by atoms with Gasteiger partial charge in [0, 0.05) is 32.6 Å². The molecule has 0 saturated carbocycles. The van der Waals surface area contributed by atoms with Gasteiger partial charge >= 0.3 is 0 Å². The molecule has 0 radical (unpaired) electrons. The van der Waals surface area contributed by atoms with Crippen LogP contribution in [0.15, 0.2) is 0 Å². The summed E-state index contributed by atoms with van der Waals surface area (Å²) in [6.07, 6.45) is 3.03. The Bertz CT molecular complexity index is 186. The first-order valence-electron chi connectivity index (χ1n) is 6.16. The van der Waals surface area contributed by atoms with Crippen molar-refractivity contribution in [1.29, 1.82) is 0 Å². The van der Waals surface area contributed by atoms with Gasteiger partial charge in [-0.05, 0) is 32.9 Å². The minimum absolute atomic E-state index is 0.319. The fourth-order valence-electron chi connectivity index (χ4n) is 2.10. The molecule has 1 fully saturated rings. The second kappa shape index (κ2) is 6.96. The number of nitrogens with zero attached hydrogens (tertiary/aromatic N) is 2. The predicted octanol–water partition coefficient (Wildman–Crippen LogP) is 1.38. The first-order valence-corrected chi connectivity index (χ1v) is 6.16. The highest BCUT2D eigenvalue weighted by molar-refractivity contribution is 5.75. The predicted molar refractivity (Wildman–Crippen MR) is 63.1 cm³/mol. The normalized spacial score (nSPS) is 19.3. The average molecular weight is 212 g/mol. The number of rotatable bonds is 6. The quantitative estimate of drug-likeness (QED) is 0.664. The first-order chi connectivity index (χ1) is 7.22. The molecule has 3 nitrogen and oxygen atoms in total. The molecule has 0 N–H and O–H groups in total. The molecule has 0 aromatic heterocycles. The van der Waals surface area contributed by atoms with Gasteiger partial charge in [-0.1, -0.05) is 6.92 Å². The van der Waals surface area contributed by atoms with Crippen molar-refractivity contribution in [3.63, 3.8) is 0 Å². The minimum Gasteiger partial charge on any atom is -0.301 e. The van der Waals surface area contributed by atoms with Crippen molar-refractivity contribution in [2.45, 2.75) is 33.1 Å². The SMILES string of the molecule is CCCN1CCN(CCCC(C)=O)CC1. The summed E-state index contributed by atoms with van der Waals surface area (Å²) in [6, 6.07) is 0. The number of piperazine rings is 1. The smallest absolute Gasteiger partial charge is 0.129 e. The molecule has 0 atom stereocenters. The van der Waals surface area contributed by atoms with Crippen LogP contribution < -0.4 is 0 Å². The van der Waals surface area contributed by atoms with Crippen LogP contribution in [0, 0.1) is 0 Å². The van der Waals surface area contributed by atoms with Gasteiger partial charge in [0.2, 0.25) is 0 Å². The van der Waals surface area contributed by atoms with Gasteiger partial charge in [-0.15, -0.1) is 0 Å². The topological polar surface area (TPSA) is 23.6 Å². The van der Waals surface area contributed by atoms with Gasteiger partial charge < -0.3 is 14.6 Å². The molecule has 0 unspecified atom stereocenters. The van der Waals surface area contributed by atoms with Crippen molar-refractivity contribution in [3.05, 3.63) is 0 Å². The van der Waals surface area contributed by atoms with Gasteiger partial charge in [-0.25, -0.2) is 0 Å². The summed E-state index contributed by atoms with van der Waals surface area (Å²) in [5, 5.41) is 0. The molecule has 0 aromatic carbocycles. The average Bonchev–Trinajstić information content (AvgIpc) is 2.20. The summed E-state index contributed by atoms with van der Waals surface area (Å²) in [7, 11) is 0. The zero-order valence-corrected chi connectivity index (χ0v) is 10.2. The summed E-state index contributed by atoms with van der Waals surface area (Å²) in [5.74, 6) is 0.319. The molecule has 1 aliphatic rings. The lowest BCUT2D eigenvalue weighted by Crippen LogP contribution is -2.46. The first kappa shape index (κ1) is 12.7. The van der Waals surface area contributed by atoms with E-state index in [1.807, 2.05) is 0 Å². The van der Waals surface area contributed by atoms with Crippen LogP contribution >= 0.6 is 0 Å². The van der Waals surface area contributed by atoms with Crippen LogP contribution in [-0.4, -0.2) is 54.9 Å². The van der Waals surface area contributed by atoms with Gasteiger partial charge in [-0.3, -0.25) is 0 Å². The highest BCUT2D eigenvalue weighted by Crippen LogP contribution is 2.04. The second-order valence-electron chi connectivity index (χ2n) is 4.49. The maximum Gasteiger partial charge on any atom is 0.129 e. The molecule has 1 saturated heterocycles. The summed E-state index contributed by atoms with van der Waals surface area (Å²) >= 11 is 0. The highest BCUT2D eigenvalue weighted by atomic mass is 16.1.